The molecule has 0 aliphatic carbocycles. The zero-order valence-electron chi connectivity index (χ0n) is 17.2. The molecule has 0 saturated heterocycles. The van der Waals surface area contributed by atoms with Crippen LogP contribution in [0, 0.1) is 12.3 Å². The van der Waals surface area contributed by atoms with E-state index in [4.69, 9.17) is 0 Å². The second-order valence-corrected chi connectivity index (χ2v) is 8.11. The highest BCUT2D eigenvalue weighted by Gasteiger charge is 2.31. The Labute approximate surface area is 171 Å². The van der Waals surface area contributed by atoms with E-state index in [-0.39, 0.29) is 17.8 Å². The highest BCUT2D eigenvalue weighted by Crippen LogP contribution is 2.22. The molecule has 0 saturated carbocycles. The minimum absolute atomic E-state index is 0.0533. The molecule has 1 atom stereocenters. The van der Waals surface area contributed by atoms with Crippen molar-refractivity contribution < 1.29 is 19.5 Å². The number of carbonyl (C=O) groups is 3. The van der Waals surface area contributed by atoms with Crippen molar-refractivity contribution in [2.24, 2.45) is 5.41 Å². The van der Waals surface area contributed by atoms with Gasteiger partial charge in [0.15, 0.2) is 5.78 Å². The minimum Gasteiger partial charge on any atom is -0.480 e. The van der Waals surface area contributed by atoms with E-state index in [0.29, 0.717) is 5.56 Å². The Kier molecular flexibility index (Phi) is 7.10. The fraction of sp³-hybridized carbons (Fsp3) is 0.292. The molecule has 0 fully saturated rings. The third-order valence-corrected chi connectivity index (χ3v) is 4.41. The number of carboxylic acid groups (broad SMARTS) is 1. The van der Waals surface area contributed by atoms with Crippen LogP contribution in [0.25, 0.3) is 6.08 Å². The topological polar surface area (TPSA) is 83.5 Å². The molecule has 0 radical (unpaired) electrons. The first-order valence-corrected chi connectivity index (χ1v) is 9.48. The molecule has 1 unspecified atom stereocenters. The van der Waals surface area contributed by atoms with Gasteiger partial charge in [-0.15, -0.1) is 0 Å². The molecule has 5 heteroatoms. The van der Waals surface area contributed by atoms with E-state index in [2.05, 4.69) is 5.32 Å². The van der Waals surface area contributed by atoms with Crippen LogP contribution in [0.2, 0.25) is 0 Å². The molecule has 2 aromatic carbocycles. The van der Waals surface area contributed by atoms with E-state index in [9.17, 15) is 19.5 Å². The number of aryl methyl sites for hydroxylation is 1. The molecular formula is C24H27NO4. The first-order chi connectivity index (χ1) is 13.6. The number of benzene rings is 2. The van der Waals surface area contributed by atoms with Crippen LogP contribution in [0.1, 0.15) is 37.5 Å². The predicted octanol–water partition coefficient (Wildman–Crippen LogP) is 3.81. The van der Waals surface area contributed by atoms with Gasteiger partial charge in [0.25, 0.3) is 5.91 Å². The van der Waals surface area contributed by atoms with Crippen molar-refractivity contribution in [2.75, 3.05) is 0 Å². The Bertz CT molecular complexity index is 923. The maximum Gasteiger partial charge on any atom is 0.326 e. The molecule has 0 aliphatic rings. The van der Waals surface area contributed by atoms with Gasteiger partial charge < -0.3 is 10.4 Å². The number of aliphatic carboxylic acids is 1. The molecule has 0 spiro atoms. The molecule has 29 heavy (non-hydrogen) atoms. The molecular weight excluding hydrogens is 366 g/mol. The maximum absolute atomic E-state index is 13.0. The zero-order chi connectivity index (χ0) is 21.6. The van der Waals surface area contributed by atoms with Crippen LogP contribution < -0.4 is 5.32 Å². The van der Waals surface area contributed by atoms with Crippen molar-refractivity contribution in [3.63, 3.8) is 0 Å². The molecule has 0 heterocycles. The lowest BCUT2D eigenvalue weighted by molar-refractivity contribution is -0.141. The first-order valence-electron chi connectivity index (χ1n) is 9.48. The summed E-state index contributed by atoms with van der Waals surface area (Å²) in [5, 5.41) is 12.1. The third kappa shape index (κ3) is 6.42. The lowest BCUT2D eigenvalue weighted by Gasteiger charge is -2.21. The van der Waals surface area contributed by atoms with Gasteiger partial charge in [-0.05, 0) is 24.1 Å². The van der Waals surface area contributed by atoms with Crippen LogP contribution in [0.3, 0.4) is 0 Å². The van der Waals surface area contributed by atoms with E-state index < -0.39 is 23.3 Å². The second-order valence-electron chi connectivity index (χ2n) is 8.11. The number of carbonyl (C=O) groups excluding carboxylic acids is 2. The molecule has 1 amide bonds. The number of amides is 1. The largest absolute Gasteiger partial charge is 0.480 e. The van der Waals surface area contributed by atoms with Crippen LogP contribution in [-0.4, -0.2) is 28.8 Å². The molecule has 152 valence electrons. The Morgan fingerprint density at radius 1 is 1.03 bits per heavy atom. The molecule has 2 rings (SSSR count). The number of rotatable bonds is 7. The summed E-state index contributed by atoms with van der Waals surface area (Å²) in [5.41, 5.74) is 1.65. The van der Waals surface area contributed by atoms with Gasteiger partial charge >= 0.3 is 5.97 Å². The Balaban J connectivity index is 2.35. The van der Waals surface area contributed by atoms with Crippen LogP contribution in [-0.2, 0) is 20.8 Å². The molecule has 5 nitrogen and oxygen atoms in total. The summed E-state index contributed by atoms with van der Waals surface area (Å²) in [4.78, 5) is 37.6. The Morgan fingerprint density at radius 3 is 2.24 bits per heavy atom. The highest BCUT2D eigenvalue weighted by molar-refractivity contribution is 6.24. The van der Waals surface area contributed by atoms with Crippen molar-refractivity contribution in [1.29, 1.82) is 0 Å². The van der Waals surface area contributed by atoms with Crippen molar-refractivity contribution >= 4 is 23.7 Å². The summed E-state index contributed by atoms with van der Waals surface area (Å²) < 4.78 is 0. The smallest absolute Gasteiger partial charge is 0.326 e. The minimum atomic E-state index is -1.15. The highest BCUT2D eigenvalue weighted by atomic mass is 16.4. The van der Waals surface area contributed by atoms with Gasteiger partial charge in [-0.1, -0.05) is 80.9 Å². The SMILES string of the molecule is Cc1cccc(/C=C(\C(=O)NC(Cc2ccccc2)C(=O)O)C(=O)C(C)(C)C)c1. The van der Waals surface area contributed by atoms with Crippen LogP contribution >= 0.6 is 0 Å². The van der Waals surface area contributed by atoms with Gasteiger partial charge in [-0.3, -0.25) is 9.59 Å². The second kappa shape index (κ2) is 9.32. The summed E-state index contributed by atoms with van der Waals surface area (Å²) in [5.74, 6) is -2.18. The van der Waals surface area contributed by atoms with Crippen LogP contribution in [0.15, 0.2) is 60.2 Å². The Hall–Kier alpha value is -3.21. The van der Waals surface area contributed by atoms with Gasteiger partial charge in [0, 0.05) is 11.8 Å². The monoisotopic (exact) mass is 393 g/mol. The fourth-order valence-corrected chi connectivity index (χ4v) is 2.85. The van der Waals surface area contributed by atoms with Crippen LogP contribution in [0.5, 0.6) is 0 Å². The predicted molar refractivity (Wildman–Crippen MR) is 113 cm³/mol. The number of carboxylic acids is 1. The third-order valence-electron chi connectivity index (χ3n) is 4.41. The lowest BCUT2D eigenvalue weighted by Crippen LogP contribution is -2.44. The van der Waals surface area contributed by atoms with Gasteiger partial charge in [0.2, 0.25) is 0 Å². The van der Waals surface area contributed by atoms with E-state index in [1.165, 1.54) is 6.08 Å². The lowest BCUT2D eigenvalue weighted by atomic mass is 9.85. The standard InChI is InChI=1S/C24H27NO4/c1-16-9-8-12-18(13-16)14-19(21(26)24(2,3)4)22(27)25-20(23(28)29)15-17-10-6-5-7-11-17/h5-14,20H,15H2,1-4H3,(H,25,27)(H,28,29)/b19-14-. The summed E-state index contributed by atoms with van der Waals surface area (Å²) >= 11 is 0. The number of Topliss-reactive ketones (excluding diaryl/α,β-unsaturated/α-hetero) is 1. The van der Waals surface area contributed by atoms with E-state index in [1.54, 1.807) is 39.0 Å². The Morgan fingerprint density at radius 2 is 1.69 bits per heavy atom. The summed E-state index contributed by atoms with van der Waals surface area (Å²) in [6, 6.07) is 15.3. The number of hydrogen-bond donors (Lipinski definition) is 2. The van der Waals surface area contributed by atoms with E-state index in [1.807, 2.05) is 43.3 Å². The quantitative estimate of drug-likeness (QED) is 0.426. The summed E-state index contributed by atoms with van der Waals surface area (Å²) in [7, 11) is 0. The molecule has 2 N–H and O–H groups in total. The molecule has 0 aromatic heterocycles. The van der Waals surface area contributed by atoms with Crippen molar-refractivity contribution in [2.45, 2.75) is 40.2 Å². The summed E-state index contributed by atoms with van der Waals surface area (Å²) in [6.45, 7) is 7.10. The van der Waals surface area contributed by atoms with Gasteiger partial charge in [-0.25, -0.2) is 4.79 Å². The fourth-order valence-electron chi connectivity index (χ4n) is 2.85. The van der Waals surface area contributed by atoms with Gasteiger partial charge in [0.05, 0.1) is 5.57 Å². The van der Waals surface area contributed by atoms with Gasteiger partial charge in [-0.2, -0.15) is 0 Å². The molecule has 0 bridgehead atoms. The summed E-state index contributed by atoms with van der Waals surface area (Å²) in [6.07, 6.45) is 1.65. The van der Waals surface area contributed by atoms with Crippen LogP contribution in [0.4, 0.5) is 0 Å². The zero-order valence-corrected chi connectivity index (χ0v) is 17.2. The van der Waals surface area contributed by atoms with Crippen molar-refractivity contribution in [1.82, 2.24) is 5.32 Å². The van der Waals surface area contributed by atoms with Crippen molar-refractivity contribution in [3.8, 4) is 0 Å². The number of ketones is 1. The molecule has 0 aliphatic heterocycles. The number of nitrogens with one attached hydrogen (secondary N) is 1. The van der Waals surface area contributed by atoms with Crippen molar-refractivity contribution in [3.05, 3.63) is 76.9 Å². The average molecular weight is 393 g/mol. The number of hydrogen-bond acceptors (Lipinski definition) is 3. The van der Waals surface area contributed by atoms with Gasteiger partial charge in [0.1, 0.15) is 6.04 Å². The van der Waals surface area contributed by atoms with E-state index >= 15 is 0 Å². The maximum atomic E-state index is 13.0. The molecule has 2 aromatic rings. The normalized spacial score (nSPS) is 12.9. The van der Waals surface area contributed by atoms with E-state index in [0.717, 1.165) is 11.1 Å². The average Bonchev–Trinajstić information content (AvgIpc) is 2.65. The first kappa shape index (κ1) is 22.1.